The van der Waals surface area contributed by atoms with Crippen LogP contribution in [0.4, 0.5) is 0 Å². The number of oxime groups is 1. The summed E-state index contributed by atoms with van der Waals surface area (Å²) in [5.41, 5.74) is 2.13. The van der Waals surface area contributed by atoms with Crippen LogP contribution < -0.4 is 10.6 Å². The Morgan fingerprint density at radius 2 is 1.74 bits per heavy atom. The summed E-state index contributed by atoms with van der Waals surface area (Å²) in [5, 5.41) is 10.2. The van der Waals surface area contributed by atoms with Gasteiger partial charge in [0.25, 0.3) is 0 Å². The van der Waals surface area contributed by atoms with E-state index in [0.717, 1.165) is 22.4 Å². The maximum Gasteiger partial charge on any atom is 0.246 e. The summed E-state index contributed by atoms with van der Waals surface area (Å²) < 4.78 is 0. The Morgan fingerprint density at radius 3 is 2.38 bits per heavy atom. The number of rotatable bonds is 11. The van der Waals surface area contributed by atoms with Gasteiger partial charge in [-0.15, -0.1) is 0 Å². The van der Waals surface area contributed by atoms with E-state index < -0.39 is 52.5 Å². The van der Waals surface area contributed by atoms with Crippen LogP contribution in [-0.4, -0.2) is 70.2 Å². The second kappa shape index (κ2) is 13.4. The van der Waals surface area contributed by atoms with Crippen molar-refractivity contribution in [2.24, 2.45) is 16.5 Å². The highest BCUT2D eigenvalue weighted by Gasteiger charge is 2.56. The van der Waals surface area contributed by atoms with Crippen molar-refractivity contribution in [2.75, 3.05) is 6.54 Å². The summed E-state index contributed by atoms with van der Waals surface area (Å²) in [5.74, 6) is -2.60. The molecule has 0 unspecified atom stereocenters. The smallest absolute Gasteiger partial charge is 0.246 e. The number of nitrogens with zero attached hydrogens (tertiary/aromatic N) is 2. The van der Waals surface area contributed by atoms with E-state index in [1.165, 1.54) is 11.8 Å². The molecule has 10 heteroatoms. The highest BCUT2D eigenvalue weighted by atomic mass is 16.7. The number of Topliss-reactive ketones (excluding diaryl/α,β-unsaturated/α-hetero) is 2. The second-order valence-corrected chi connectivity index (χ2v) is 14.5. The SMILES string of the molecule is CCC[C@H](NC(=O)[C@@H]1C[C@]2(CC(c3cccc(C)c3)=NO2)CN1C(=O)[C@@H](NC(=O)[C@@H]1C[C@H]1c1ccccc1)C(C)(C)C)C(=O)C(C)=O. The Bertz CT molecular complexity index is 1580. The van der Waals surface area contributed by atoms with Crippen LogP contribution in [0.5, 0.6) is 0 Å². The van der Waals surface area contributed by atoms with E-state index in [1.54, 1.807) is 0 Å². The zero-order chi connectivity index (χ0) is 34.1. The van der Waals surface area contributed by atoms with Crippen LogP contribution in [0.3, 0.4) is 0 Å². The minimum Gasteiger partial charge on any atom is -0.387 e. The van der Waals surface area contributed by atoms with Crippen LogP contribution in [0, 0.1) is 18.3 Å². The van der Waals surface area contributed by atoms with Crippen LogP contribution in [0.15, 0.2) is 59.8 Å². The number of amides is 3. The Balaban J connectivity index is 1.40. The fourth-order valence-corrected chi connectivity index (χ4v) is 6.80. The summed E-state index contributed by atoms with van der Waals surface area (Å²) in [7, 11) is 0. The second-order valence-electron chi connectivity index (χ2n) is 14.5. The van der Waals surface area contributed by atoms with Crippen molar-refractivity contribution in [2.45, 2.75) is 103 Å². The maximum absolute atomic E-state index is 14.5. The Hall–Kier alpha value is -4.34. The molecule has 1 aliphatic carbocycles. The van der Waals surface area contributed by atoms with Gasteiger partial charge in [-0.2, -0.15) is 0 Å². The number of benzene rings is 2. The Kier molecular flexibility index (Phi) is 9.70. The van der Waals surface area contributed by atoms with Gasteiger partial charge in [0.05, 0.1) is 18.3 Å². The third-order valence-corrected chi connectivity index (χ3v) is 9.49. The van der Waals surface area contributed by atoms with Crippen LogP contribution in [0.25, 0.3) is 0 Å². The summed E-state index contributed by atoms with van der Waals surface area (Å²) in [6, 6.07) is 14.8. The molecular weight excluding hydrogens is 596 g/mol. The van der Waals surface area contributed by atoms with Crippen molar-refractivity contribution >= 4 is 35.0 Å². The Morgan fingerprint density at radius 1 is 1.02 bits per heavy atom. The van der Waals surface area contributed by atoms with Crippen LogP contribution in [0.1, 0.15) is 89.3 Å². The third-order valence-electron chi connectivity index (χ3n) is 9.49. The van der Waals surface area contributed by atoms with E-state index in [1.807, 2.05) is 89.2 Å². The van der Waals surface area contributed by atoms with Crippen LogP contribution in [-0.2, 0) is 28.8 Å². The van der Waals surface area contributed by atoms with Crippen molar-refractivity contribution in [3.05, 3.63) is 71.3 Å². The molecule has 10 nitrogen and oxygen atoms in total. The van der Waals surface area contributed by atoms with Gasteiger partial charge in [-0.3, -0.25) is 24.0 Å². The largest absolute Gasteiger partial charge is 0.387 e. The molecule has 0 aromatic heterocycles. The van der Waals surface area contributed by atoms with Crippen LogP contribution in [0.2, 0.25) is 0 Å². The minimum absolute atomic E-state index is 0.0698. The molecule has 1 saturated heterocycles. The third kappa shape index (κ3) is 7.47. The molecule has 2 aliphatic heterocycles. The molecule has 2 heterocycles. The number of carbonyl (C=O) groups excluding carboxylic acids is 5. The molecule has 1 spiro atoms. The predicted molar refractivity (Wildman–Crippen MR) is 177 cm³/mol. The van der Waals surface area contributed by atoms with E-state index >= 15 is 0 Å². The van der Waals surface area contributed by atoms with Crippen molar-refractivity contribution in [1.29, 1.82) is 0 Å². The molecule has 2 aromatic rings. The average molecular weight is 643 g/mol. The van der Waals surface area contributed by atoms with E-state index in [-0.39, 0.29) is 37.1 Å². The van der Waals surface area contributed by atoms with Crippen molar-refractivity contribution < 1.29 is 28.8 Å². The van der Waals surface area contributed by atoms with Crippen LogP contribution >= 0.6 is 0 Å². The molecule has 0 radical (unpaired) electrons. The van der Waals surface area contributed by atoms with Gasteiger partial charge in [0.1, 0.15) is 12.1 Å². The molecule has 3 amide bonds. The Labute approximate surface area is 276 Å². The minimum atomic E-state index is -1.01. The fourth-order valence-electron chi connectivity index (χ4n) is 6.80. The van der Waals surface area contributed by atoms with Gasteiger partial charge in [-0.05, 0) is 42.2 Å². The molecule has 6 atom stereocenters. The van der Waals surface area contributed by atoms with E-state index in [9.17, 15) is 24.0 Å². The first-order valence-corrected chi connectivity index (χ1v) is 16.6. The number of hydrogen-bond acceptors (Lipinski definition) is 7. The topological polar surface area (TPSA) is 134 Å². The van der Waals surface area contributed by atoms with Gasteiger partial charge < -0.3 is 20.4 Å². The average Bonchev–Trinajstić information content (AvgIpc) is 3.60. The monoisotopic (exact) mass is 642 g/mol. The number of ketones is 2. The number of carbonyl (C=O) groups is 5. The lowest BCUT2D eigenvalue weighted by atomic mass is 9.85. The van der Waals surface area contributed by atoms with Gasteiger partial charge in [-0.1, -0.05) is 99.4 Å². The van der Waals surface area contributed by atoms with E-state index in [2.05, 4.69) is 15.8 Å². The van der Waals surface area contributed by atoms with Crippen molar-refractivity contribution in [1.82, 2.24) is 15.5 Å². The predicted octanol–water partition coefficient (Wildman–Crippen LogP) is 4.24. The maximum atomic E-state index is 14.5. The van der Waals surface area contributed by atoms with Gasteiger partial charge in [-0.25, -0.2) is 0 Å². The van der Waals surface area contributed by atoms with Gasteiger partial charge >= 0.3 is 0 Å². The standard InChI is InChI=1S/C37H46N4O6/c1-7-12-28(31(43)23(3)42)38-34(45)30-20-37(19-29(40-47-37)25-16-11-13-22(2)17-25)21-41(30)35(46)32(36(4,5)6)39-33(44)27-18-26(27)24-14-9-8-10-15-24/h8-11,13-17,26-28,30,32H,7,12,18-21H2,1-6H3,(H,38,45)(H,39,44)/t26-,27+,28-,30-,32+,37+/m0/s1. The molecule has 1 saturated carbocycles. The molecular formula is C37H46N4O6. The first-order chi connectivity index (χ1) is 22.2. The summed E-state index contributed by atoms with van der Waals surface area (Å²) >= 11 is 0. The molecule has 2 aromatic carbocycles. The number of likely N-dealkylation sites (tertiary alicyclic amines) is 1. The summed E-state index contributed by atoms with van der Waals surface area (Å²) in [6.07, 6.45) is 2.08. The molecule has 0 bridgehead atoms. The molecule has 3 aliphatic rings. The summed E-state index contributed by atoms with van der Waals surface area (Å²) in [4.78, 5) is 74.3. The lowest BCUT2D eigenvalue weighted by molar-refractivity contribution is -0.145. The molecule has 5 rings (SSSR count). The fraction of sp³-hybridized carbons (Fsp3) is 0.514. The van der Waals surface area contributed by atoms with Gasteiger partial charge in [0.2, 0.25) is 23.5 Å². The van der Waals surface area contributed by atoms with Crippen molar-refractivity contribution in [3.8, 4) is 0 Å². The lowest BCUT2D eigenvalue weighted by Gasteiger charge is -2.35. The van der Waals surface area contributed by atoms with E-state index in [0.29, 0.717) is 19.3 Å². The zero-order valence-corrected chi connectivity index (χ0v) is 28.2. The number of nitrogens with one attached hydrogen (secondary N) is 2. The first-order valence-electron chi connectivity index (χ1n) is 16.6. The highest BCUT2D eigenvalue weighted by molar-refractivity contribution is 6.38. The number of aryl methyl sites for hydroxylation is 1. The summed E-state index contributed by atoms with van der Waals surface area (Å²) in [6.45, 7) is 10.8. The zero-order valence-electron chi connectivity index (χ0n) is 28.2. The molecule has 47 heavy (non-hydrogen) atoms. The normalized spacial score (nSPS) is 24.6. The lowest BCUT2D eigenvalue weighted by Crippen LogP contribution is -2.59. The van der Waals surface area contributed by atoms with E-state index in [4.69, 9.17) is 4.84 Å². The quantitative estimate of drug-likeness (QED) is 0.353. The van der Waals surface area contributed by atoms with Gasteiger partial charge in [0, 0.05) is 25.7 Å². The number of hydrogen-bond donors (Lipinski definition) is 2. The molecule has 2 N–H and O–H groups in total. The first kappa shape index (κ1) is 34.0. The van der Waals surface area contributed by atoms with Crippen molar-refractivity contribution in [3.63, 3.8) is 0 Å². The van der Waals surface area contributed by atoms with Gasteiger partial charge in [0.15, 0.2) is 11.4 Å². The highest BCUT2D eigenvalue weighted by Crippen LogP contribution is 2.48. The molecule has 250 valence electrons. The molecule has 2 fully saturated rings.